The van der Waals surface area contributed by atoms with Gasteiger partial charge in [-0.15, -0.1) is 0 Å². The van der Waals surface area contributed by atoms with Crippen LogP contribution in [0.15, 0.2) is 0 Å². The summed E-state index contributed by atoms with van der Waals surface area (Å²) in [4.78, 5) is 26.6. The summed E-state index contributed by atoms with van der Waals surface area (Å²) < 4.78 is 11.0. The van der Waals surface area contributed by atoms with Gasteiger partial charge in [-0.25, -0.2) is 0 Å². The predicted molar refractivity (Wildman–Crippen MR) is 100 cm³/mol. The van der Waals surface area contributed by atoms with Gasteiger partial charge in [0.05, 0.1) is 24.6 Å². The molecule has 4 atom stereocenters. The van der Waals surface area contributed by atoms with Crippen LogP contribution in [0.4, 0.5) is 0 Å². The number of methoxy groups -OCH3 is 1. The number of amides is 1. The lowest BCUT2D eigenvalue weighted by Crippen LogP contribution is -2.55. The minimum Gasteiger partial charge on any atom is -0.460 e. The molecule has 1 amide bonds. The predicted octanol–water partition coefficient (Wildman–Crippen LogP) is 2.59. The summed E-state index contributed by atoms with van der Waals surface area (Å²) in [6.07, 6.45) is 0.503. The zero-order valence-electron chi connectivity index (χ0n) is 17.5. The number of likely N-dealkylation sites (N-methyl/N-ethyl adjacent to an activating group) is 1. The van der Waals surface area contributed by atoms with Crippen molar-refractivity contribution in [2.45, 2.75) is 85.1 Å². The maximum Gasteiger partial charge on any atom is 0.309 e. The minimum absolute atomic E-state index is 0.0411. The van der Waals surface area contributed by atoms with Crippen molar-refractivity contribution in [3.8, 4) is 0 Å². The van der Waals surface area contributed by atoms with Gasteiger partial charge in [-0.3, -0.25) is 9.59 Å². The zero-order chi connectivity index (χ0) is 19.9. The van der Waals surface area contributed by atoms with Gasteiger partial charge in [-0.05, 0) is 32.6 Å². The van der Waals surface area contributed by atoms with Crippen molar-refractivity contribution in [1.82, 2.24) is 4.90 Å². The van der Waals surface area contributed by atoms with Gasteiger partial charge in [0.1, 0.15) is 5.60 Å². The number of esters is 1. The van der Waals surface area contributed by atoms with E-state index in [1.807, 2.05) is 34.6 Å². The molecule has 0 aliphatic heterocycles. The number of ether oxygens (including phenoxy) is 2. The highest BCUT2D eigenvalue weighted by Crippen LogP contribution is 2.23. The fraction of sp³-hybridized carbons (Fsp3) is 0.895. The summed E-state index contributed by atoms with van der Waals surface area (Å²) >= 11 is 0. The van der Waals surface area contributed by atoms with E-state index in [2.05, 4.69) is 13.8 Å². The van der Waals surface area contributed by atoms with Gasteiger partial charge in [-0.1, -0.05) is 34.1 Å². The summed E-state index contributed by atoms with van der Waals surface area (Å²) in [5.41, 5.74) is 5.49. The Hall–Kier alpha value is -1.14. The lowest BCUT2D eigenvalue weighted by molar-refractivity contribution is -0.160. The summed E-state index contributed by atoms with van der Waals surface area (Å²) in [5.74, 6) is -0.270. The summed E-state index contributed by atoms with van der Waals surface area (Å²) in [6.45, 7) is 13.4. The van der Waals surface area contributed by atoms with E-state index in [0.29, 0.717) is 0 Å². The van der Waals surface area contributed by atoms with Crippen molar-refractivity contribution in [2.24, 2.45) is 17.6 Å². The lowest BCUT2D eigenvalue weighted by atomic mass is 9.90. The quantitative estimate of drug-likeness (QED) is 0.641. The smallest absolute Gasteiger partial charge is 0.309 e. The highest BCUT2D eigenvalue weighted by Gasteiger charge is 2.36. The molecule has 1 unspecified atom stereocenters. The first-order chi connectivity index (χ1) is 11.4. The van der Waals surface area contributed by atoms with E-state index in [9.17, 15) is 9.59 Å². The van der Waals surface area contributed by atoms with E-state index in [4.69, 9.17) is 15.2 Å². The van der Waals surface area contributed by atoms with Gasteiger partial charge >= 0.3 is 5.97 Å². The normalized spacial score (nSPS) is 16.9. The fourth-order valence-corrected chi connectivity index (χ4v) is 2.80. The summed E-state index contributed by atoms with van der Waals surface area (Å²) in [7, 11) is 3.30. The van der Waals surface area contributed by atoms with Gasteiger partial charge in [0.2, 0.25) is 5.91 Å². The molecule has 0 heterocycles. The lowest BCUT2D eigenvalue weighted by Gasteiger charge is -2.39. The van der Waals surface area contributed by atoms with Crippen LogP contribution in [-0.2, 0) is 19.1 Å². The standard InChI is InChI=1S/C19H38N2O4/c1-10-13(4)17(21(8)18(23)16(20)12(2)3)14(24-9)11-15(22)25-19(5,6)7/h12-14,16-17H,10-11,20H2,1-9H3/t13?,14-,16+,17+/m1/s1. The van der Waals surface area contributed by atoms with E-state index >= 15 is 0 Å². The number of carbonyl (C=O) groups is 2. The molecule has 0 saturated carbocycles. The van der Waals surface area contributed by atoms with Crippen LogP contribution in [0.5, 0.6) is 0 Å². The molecule has 0 bridgehead atoms. The molecule has 0 fully saturated rings. The molecule has 6 heteroatoms. The molecule has 0 aliphatic rings. The second-order valence-electron chi connectivity index (χ2n) is 8.16. The molecule has 0 rings (SSSR count). The van der Waals surface area contributed by atoms with Gasteiger partial charge in [0.25, 0.3) is 0 Å². The Kier molecular flexibility index (Phi) is 9.66. The van der Waals surface area contributed by atoms with Crippen LogP contribution in [0.1, 0.15) is 61.3 Å². The molecule has 0 aromatic heterocycles. The Bertz CT molecular complexity index is 432. The number of hydrogen-bond acceptors (Lipinski definition) is 5. The third-order valence-corrected chi connectivity index (χ3v) is 4.50. The average molecular weight is 359 g/mol. The Balaban J connectivity index is 5.39. The van der Waals surface area contributed by atoms with Gasteiger partial charge in [-0.2, -0.15) is 0 Å². The molecular weight excluding hydrogens is 320 g/mol. The van der Waals surface area contributed by atoms with Crippen LogP contribution in [-0.4, -0.2) is 54.7 Å². The van der Waals surface area contributed by atoms with E-state index in [1.165, 1.54) is 0 Å². The number of carbonyl (C=O) groups excluding carboxylic acids is 2. The molecule has 148 valence electrons. The molecule has 25 heavy (non-hydrogen) atoms. The second-order valence-corrected chi connectivity index (χ2v) is 8.16. The van der Waals surface area contributed by atoms with E-state index in [1.54, 1.807) is 19.1 Å². The molecule has 0 spiro atoms. The van der Waals surface area contributed by atoms with Crippen LogP contribution in [0, 0.1) is 11.8 Å². The Morgan fingerprint density at radius 1 is 1.16 bits per heavy atom. The largest absolute Gasteiger partial charge is 0.460 e. The molecule has 6 nitrogen and oxygen atoms in total. The third kappa shape index (κ3) is 7.74. The van der Waals surface area contributed by atoms with E-state index in [0.717, 1.165) is 6.42 Å². The Morgan fingerprint density at radius 2 is 1.68 bits per heavy atom. The Labute approximate surface area is 153 Å². The second kappa shape index (κ2) is 10.1. The van der Waals surface area contributed by atoms with Crippen molar-refractivity contribution in [2.75, 3.05) is 14.2 Å². The number of nitrogens with two attached hydrogens (primary N) is 1. The number of hydrogen-bond donors (Lipinski definition) is 1. The highest BCUT2D eigenvalue weighted by atomic mass is 16.6. The van der Waals surface area contributed by atoms with Gasteiger partial charge in [0.15, 0.2) is 0 Å². The maximum atomic E-state index is 12.7. The van der Waals surface area contributed by atoms with Gasteiger partial charge in [0, 0.05) is 14.2 Å². The maximum absolute atomic E-state index is 12.7. The van der Waals surface area contributed by atoms with E-state index < -0.39 is 17.7 Å². The average Bonchev–Trinajstić information content (AvgIpc) is 2.49. The molecule has 0 aromatic carbocycles. The number of nitrogens with zero attached hydrogens (tertiary/aromatic N) is 1. The monoisotopic (exact) mass is 358 g/mol. The molecule has 2 N–H and O–H groups in total. The van der Waals surface area contributed by atoms with Crippen molar-refractivity contribution < 1.29 is 19.1 Å². The fourth-order valence-electron chi connectivity index (χ4n) is 2.80. The van der Waals surface area contributed by atoms with Crippen molar-refractivity contribution >= 4 is 11.9 Å². The third-order valence-electron chi connectivity index (χ3n) is 4.50. The molecule has 0 saturated heterocycles. The van der Waals surface area contributed by atoms with Crippen LogP contribution < -0.4 is 5.73 Å². The summed E-state index contributed by atoms with van der Waals surface area (Å²) in [6, 6.07) is -0.824. The number of rotatable bonds is 9. The van der Waals surface area contributed by atoms with Crippen LogP contribution in [0.25, 0.3) is 0 Å². The van der Waals surface area contributed by atoms with Crippen LogP contribution in [0.2, 0.25) is 0 Å². The molecule has 0 radical (unpaired) electrons. The SMILES string of the molecule is CCC(C)[C@@H]([C@@H](CC(=O)OC(C)(C)C)OC)N(C)C(=O)[C@@H](N)C(C)C. The molecule has 0 aromatic rings. The summed E-state index contributed by atoms with van der Waals surface area (Å²) in [5, 5.41) is 0. The highest BCUT2D eigenvalue weighted by molar-refractivity contribution is 5.82. The molecular formula is C19H38N2O4. The zero-order valence-corrected chi connectivity index (χ0v) is 17.5. The molecule has 0 aliphatic carbocycles. The first kappa shape index (κ1) is 23.9. The van der Waals surface area contributed by atoms with Crippen LogP contribution in [0.3, 0.4) is 0 Å². The van der Waals surface area contributed by atoms with Crippen molar-refractivity contribution in [1.29, 1.82) is 0 Å². The van der Waals surface area contributed by atoms with Gasteiger partial charge < -0.3 is 20.1 Å². The van der Waals surface area contributed by atoms with Crippen LogP contribution >= 0.6 is 0 Å². The first-order valence-corrected chi connectivity index (χ1v) is 9.12. The van der Waals surface area contributed by atoms with Crippen molar-refractivity contribution in [3.63, 3.8) is 0 Å². The van der Waals surface area contributed by atoms with Crippen molar-refractivity contribution in [3.05, 3.63) is 0 Å². The Morgan fingerprint density at radius 3 is 2.04 bits per heavy atom. The topological polar surface area (TPSA) is 81.9 Å². The minimum atomic E-state index is -0.574. The first-order valence-electron chi connectivity index (χ1n) is 9.12. The van der Waals surface area contributed by atoms with E-state index in [-0.39, 0.29) is 36.2 Å².